The van der Waals surface area contributed by atoms with Crippen molar-refractivity contribution in [3.8, 4) is 0 Å². The van der Waals surface area contributed by atoms with Gasteiger partial charge in [-0.15, -0.1) is 0 Å². The second-order valence-electron chi connectivity index (χ2n) is 2.54. The molecule has 5 nitrogen and oxygen atoms in total. The van der Waals surface area contributed by atoms with Gasteiger partial charge in [-0.05, 0) is 12.8 Å². The van der Waals surface area contributed by atoms with Gasteiger partial charge in [0.1, 0.15) is 0 Å². The summed E-state index contributed by atoms with van der Waals surface area (Å²) in [6.45, 7) is -0.521. The molecule has 0 saturated carbocycles. The molecule has 0 radical (unpaired) electrons. The molecule has 0 aliphatic heterocycles. The zero-order chi connectivity index (χ0) is 10.8. The SMILES string of the molecule is O=C(O)OCOC(=O)CCCCCBr. The number of unbranched alkanes of at least 4 members (excludes halogenated alkanes) is 2. The van der Waals surface area contributed by atoms with E-state index in [1.54, 1.807) is 0 Å². The fourth-order valence-electron chi connectivity index (χ4n) is 0.758. The monoisotopic (exact) mass is 268 g/mol. The van der Waals surface area contributed by atoms with E-state index in [9.17, 15) is 9.59 Å². The average Bonchev–Trinajstić information content (AvgIpc) is 2.12. The highest BCUT2D eigenvalue weighted by atomic mass is 79.9. The molecule has 0 atom stereocenters. The second-order valence-corrected chi connectivity index (χ2v) is 3.34. The van der Waals surface area contributed by atoms with Crippen LogP contribution >= 0.6 is 15.9 Å². The third-order valence-electron chi connectivity index (χ3n) is 1.42. The molecular weight excluding hydrogens is 256 g/mol. The van der Waals surface area contributed by atoms with Crippen molar-refractivity contribution in [1.29, 1.82) is 0 Å². The normalized spacial score (nSPS) is 9.50. The molecule has 82 valence electrons. The fourth-order valence-corrected chi connectivity index (χ4v) is 1.15. The van der Waals surface area contributed by atoms with E-state index in [1.807, 2.05) is 0 Å². The summed E-state index contributed by atoms with van der Waals surface area (Å²) in [5, 5.41) is 8.97. The van der Waals surface area contributed by atoms with Crippen LogP contribution in [0.3, 0.4) is 0 Å². The van der Waals surface area contributed by atoms with Gasteiger partial charge in [-0.25, -0.2) is 4.79 Å². The molecule has 14 heavy (non-hydrogen) atoms. The standard InChI is InChI=1S/C8H13BrO5/c9-5-3-1-2-4-7(10)13-6-14-8(11)12/h1-6H2,(H,11,12). The van der Waals surface area contributed by atoms with Crippen molar-refractivity contribution in [1.82, 2.24) is 0 Å². The molecule has 0 unspecified atom stereocenters. The van der Waals surface area contributed by atoms with Gasteiger partial charge in [0, 0.05) is 11.8 Å². The molecular formula is C8H13BrO5. The van der Waals surface area contributed by atoms with Crippen LogP contribution in [-0.2, 0) is 14.3 Å². The first-order valence-corrected chi connectivity index (χ1v) is 5.36. The molecule has 0 amide bonds. The topological polar surface area (TPSA) is 72.8 Å². The van der Waals surface area contributed by atoms with E-state index in [-0.39, 0.29) is 0 Å². The van der Waals surface area contributed by atoms with Crippen LogP contribution in [0.15, 0.2) is 0 Å². The van der Waals surface area contributed by atoms with Crippen molar-refractivity contribution in [3.63, 3.8) is 0 Å². The predicted molar refractivity (Wildman–Crippen MR) is 52.3 cm³/mol. The zero-order valence-corrected chi connectivity index (χ0v) is 9.29. The minimum Gasteiger partial charge on any atom is -0.450 e. The molecule has 0 bridgehead atoms. The van der Waals surface area contributed by atoms with Gasteiger partial charge in [0.25, 0.3) is 0 Å². The van der Waals surface area contributed by atoms with E-state index in [0.29, 0.717) is 6.42 Å². The Balaban J connectivity index is 3.24. The smallest absolute Gasteiger partial charge is 0.450 e. The maximum absolute atomic E-state index is 10.9. The van der Waals surface area contributed by atoms with Crippen LogP contribution in [0, 0.1) is 0 Å². The molecule has 0 aromatic carbocycles. The number of esters is 1. The summed E-state index contributed by atoms with van der Waals surface area (Å²) < 4.78 is 8.49. The van der Waals surface area contributed by atoms with Gasteiger partial charge in [0.15, 0.2) is 0 Å². The number of hydrogen-bond acceptors (Lipinski definition) is 4. The van der Waals surface area contributed by atoms with E-state index in [1.165, 1.54) is 0 Å². The lowest BCUT2D eigenvalue weighted by molar-refractivity contribution is -0.152. The summed E-state index contributed by atoms with van der Waals surface area (Å²) in [5.74, 6) is -0.430. The fraction of sp³-hybridized carbons (Fsp3) is 0.750. The Morgan fingerprint density at radius 2 is 1.86 bits per heavy atom. The predicted octanol–water partition coefficient (Wildman–Crippen LogP) is 2.14. The third kappa shape index (κ3) is 9.31. The molecule has 0 heterocycles. The van der Waals surface area contributed by atoms with Crippen LogP contribution in [0.25, 0.3) is 0 Å². The van der Waals surface area contributed by atoms with Crippen molar-refractivity contribution in [3.05, 3.63) is 0 Å². The first-order chi connectivity index (χ1) is 6.66. The Labute approximate surface area is 90.5 Å². The minimum atomic E-state index is -1.45. The number of ether oxygens (including phenoxy) is 2. The summed E-state index contributed by atoms with van der Waals surface area (Å²) >= 11 is 3.27. The summed E-state index contributed by atoms with van der Waals surface area (Å²) in [6.07, 6.45) is 1.56. The average molecular weight is 269 g/mol. The quantitative estimate of drug-likeness (QED) is 0.332. The van der Waals surface area contributed by atoms with Crippen LogP contribution in [-0.4, -0.2) is 29.4 Å². The molecule has 0 rings (SSSR count). The van der Waals surface area contributed by atoms with Crippen molar-refractivity contribution in [2.75, 3.05) is 12.1 Å². The van der Waals surface area contributed by atoms with E-state index in [0.717, 1.165) is 24.6 Å². The lowest BCUT2D eigenvalue weighted by Crippen LogP contribution is -2.10. The Bertz CT molecular complexity index is 183. The highest BCUT2D eigenvalue weighted by Gasteiger charge is 2.03. The minimum absolute atomic E-state index is 0.302. The van der Waals surface area contributed by atoms with Crippen molar-refractivity contribution < 1.29 is 24.2 Å². The van der Waals surface area contributed by atoms with Crippen LogP contribution in [0.5, 0.6) is 0 Å². The molecule has 0 aromatic heterocycles. The van der Waals surface area contributed by atoms with Gasteiger partial charge in [-0.1, -0.05) is 22.4 Å². The molecule has 0 aliphatic carbocycles. The van der Waals surface area contributed by atoms with Crippen LogP contribution in [0.2, 0.25) is 0 Å². The number of carboxylic acid groups (broad SMARTS) is 1. The van der Waals surface area contributed by atoms with Crippen LogP contribution < -0.4 is 0 Å². The summed E-state index contributed by atoms with van der Waals surface area (Å²) in [5.41, 5.74) is 0. The molecule has 0 spiro atoms. The van der Waals surface area contributed by atoms with Gasteiger partial charge in [0.2, 0.25) is 6.79 Å². The summed E-state index contributed by atoms with van der Waals surface area (Å²) in [6, 6.07) is 0. The maximum atomic E-state index is 10.9. The Morgan fingerprint density at radius 1 is 1.14 bits per heavy atom. The first-order valence-electron chi connectivity index (χ1n) is 4.24. The van der Waals surface area contributed by atoms with Gasteiger partial charge >= 0.3 is 12.1 Å². The molecule has 0 aliphatic rings. The van der Waals surface area contributed by atoms with Gasteiger partial charge in [-0.3, -0.25) is 4.79 Å². The van der Waals surface area contributed by atoms with Crippen LogP contribution in [0.4, 0.5) is 4.79 Å². The third-order valence-corrected chi connectivity index (χ3v) is 1.98. The number of halogens is 1. The van der Waals surface area contributed by atoms with E-state index < -0.39 is 18.9 Å². The van der Waals surface area contributed by atoms with E-state index >= 15 is 0 Å². The molecule has 1 N–H and O–H groups in total. The van der Waals surface area contributed by atoms with Crippen molar-refractivity contribution >= 4 is 28.1 Å². The molecule has 6 heteroatoms. The first kappa shape index (κ1) is 13.2. The van der Waals surface area contributed by atoms with Gasteiger partial charge in [0.05, 0.1) is 0 Å². The number of alkyl halides is 1. The number of carbonyl (C=O) groups excluding carboxylic acids is 1. The van der Waals surface area contributed by atoms with Gasteiger partial charge < -0.3 is 14.6 Å². The van der Waals surface area contributed by atoms with Crippen LogP contribution in [0.1, 0.15) is 25.7 Å². The second kappa shape index (κ2) is 8.80. The van der Waals surface area contributed by atoms with E-state index in [4.69, 9.17) is 5.11 Å². The number of carbonyl (C=O) groups is 2. The molecule has 0 fully saturated rings. The number of hydrogen-bond donors (Lipinski definition) is 1. The lowest BCUT2D eigenvalue weighted by atomic mass is 10.2. The van der Waals surface area contributed by atoms with Crippen molar-refractivity contribution in [2.45, 2.75) is 25.7 Å². The molecule has 0 saturated heterocycles. The largest absolute Gasteiger partial charge is 0.508 e. The van der Waals surface area contributed by atoms with Crippen molar-refractivity contribution in [2.24, 2.45) is 0 Å². The molecule has 0 aromatic rings. The number of rotatable bonds is 7. The highest BCUT2D eigenvalue weighted by molar-refractivity contribution is 9.09. The highest BCUT2D eigenvalue weighted by Crippen LogP contribution is 2.03. The zero-order valence-electron chi connectivity index (χ0n) is 7.70. The Morgan fingerprint density at radius 3 is 2.43 bits per heavy atom. The van der Waals surface area contributed by atoms with Gasteiger partial charge in [-0.2, -0.15) is 0 Å². The Kier molecular flexibility index (Phi) is 8.31. The lowest BCUT2D eigenvalue weighted by Gasteiger charge is -2.02. The Hall–Kier alpha value is -0.780. The van der Waals surface area contributed by atoms with E-state index in [2.05, 4.69) is 25.4 Å². The summed E-state index contributed by atoms with van der Waals surface area (Å²) in [7, 11) is 0. The summed E-state index contributed by atoms with van der Waals surface area (Å²) in [4.78, 5) is 20.7. The maximum Gasteiger partial charge on any atom is 0.508 e.